The Bertz CT molecular complexity index is 802. The Kier molecular flexibility index (Phi) is 4.52. The Hall–Kier alpha value is -2.76. The van der Waals surface area contributed by atoms with Crippen molar-refractivity contribution < 1.29 is 26.3 Å². The summed E-state index contributed by atoms with van der Waals surface area (Å²) in [5, 5.41) is 0. The van der Waals surface area contributed by atoms with Gasteiger partial charge in [-0.2, -0.15) is 26.3 Å². The quantitative estimate of drug-likeness (QED) is 0.536. The number of hydrogen-bond donors (Lipinski definition) is 0. The average molecular weight is 365 g/mol. The Morgan fingerprint density at radius 2 is 1.08 bits per heavy atom. The highest BCUT2D eigenvalue weighted by Gasteiger charge is 2.31. The van der Waals surface area contributed by atoms with Gasteiger partial charge in [0.25, 0.3) is 0 Å². The van der Waals surface area contributed by atoms with E-state index in [9.17, 15) is 26.3 Å². The smallest absolute Gasteiger partial charge is 0.166 e. The van der Waals surface area contributed by atoms with Gasteiger partial charge in [0.1, 0.15) is 0 Å². The van der Waals surface area contributed by atoms with Crippen molar-refractivity contribution >= 4 is 5.57 Å². The number of hydrogen-bond acceptors (Lipinski definition) is 0. The molecule has 6 heteroatoms. The van der Waals surface area contributed by atoms with E-state index in [4.69, 9.17) is 0 Å². The maximum atomic E-state index is 12.8. The van der Waals surface area contributed by atoms with Crippen molar-refractivity contribution in [3.05, 3.63) is 101 Å². The molecule has 26 heavy (non-hydrogen) atoms. The fraction of sp³-hybridized carbons (Fsp3) is 0.100. The second-order valence-electron chi connectivity index (χ2n) is 5.61. The topological polar surface area (TPSA) is 0 Å². The van der Waals surface area contributed by atoms with E-state index in [0.717, 1.165) is 24.3 Å². The van der Waals surface area contributed by atoms with Crippen LogP contribution < -0.4 is 0 Å². The number of rotatable bonds is 2. The molecule has 0 aromatic heterocycles. The summed E-state index contributed by atoms with van der Waals surface area (Å²) in [5.74, 6) is 0. The third-order valence-electron chi connectivity index (χ3n) is 3.87. The van der Waals surface area contributed by atoms with Crippen molar-refractivity contribution in [2.45, 2.75) is 12.4 Å². The first kappa shape index (κ1) is 18.0. The molecule has 0 amide bonds. The minimum Gasteiger partial charge on any atom is -0.166 e. The molecule has 0 spiro atoms. The molecule has 0 aliphatic heterocycles. The first-order valence-electron chi connectivity index (χ1n) is 7.52. The molecule has 0 saturated heterocycles. The van der Waals surface area contributed by atoms with Gasteiger partial charge in [0.15, 0.2) is 0 Å². The van der Waals surface area contributed by atoms with Gasteiger partial charge in [0, 0.05) is 0 Å². The van der Waals surface area contributed by atoms with Crippen LogP contribution in [-0.2, 0) is 12.4 Å². The predicted octanol–water partition coefficient (Wildman–Crippen LogP) is 6.46. The zero-order chi connectivity index (χ0) is 18.9. The second kappa shape index (κ2) is 6.52. The van der Waals surface area contributed by atoms with Crippen molar-refractivity contribution in [1.82, 2.24) is 0 Å². The van der Waals surface area contributed by atoms with E-state index in [1.54, 1.807) is 18.2 Å². The van der Waals surface area contributed by atoms with Gasteiger partial charge in [0.05, 0.1) is 11.1 Å². The van der Waals surface area contributed by atoms with Crippen LogP contribution in [-0.4, -0.2) is 0 Å². The molecule has 0 nitrogen and oxygen atoms in total. The Morgan fingerprint density at radius 1 is 0.654 bits per heavy atom. The third kappa shape index (κ3) is 3.74. The van der Waals surface area contributed by atoms with Crippen LogP contribution in [0, 0.1) is 6.08 Å². The molecule has 0 fully saturated rings. The number of allylic oxidation sites excluding steroid dienone is 5. The van der Waals surface area contributed by atoms with Gasteiger partial charge in [-0.25, -0.2) is 0 Å². The van der Waals surface area contributed by atoms with Gasteiger partial charge < -0.3 is 0 Å². The molecule has 0 atom stereocenters. The van der Waals surface area contributed by atoms with Crippen molar-refractivity contribution in [2.24, 2.45) is 0 Å². The van der Waals surface area contributed by atoms with Crippen LogP contribution in [0.15, 0.2) is 72.3 Å². The van der Waals surface area contributed by atoms with E-state index in [2.05, 4.69) is 6.08 Å². The molecule has 3 rings (SSSR count). The lowest BCUT2D eigenvalue weighted by Crippen LogP contribution is -2.05. The summed E-state index contributed by atoms with van der Waals surface area (Å²) in [6.45, 7) is 0. The normalized spacial score (nSPS) is 14.2. The zero-order valence-electron chi connectivity index (χ0n) is 13.1. The average Bonchev–Trinajstić information content (AvgIpc) is 3.08. The molecule has 1 radical (unpaired) electrons. The SMILES string of the molecule is FC(F)(F)c1ccc(C(=C2[C]=CC=C2)c2ccc(C(F)(F)F)cc2)cc1. The van der Waals surface area contributed by atoms with Crippen molar-refractivity contribution in [3.63, 3.8) is 0 Å². The zero-order valence-corrected chi connectivity index (χ0v) is 13.1. The van der Waals surface area contributed by atoms with Gasteiger partial charge in [-0.15, -0.1) is 0 Å². The molecule has 133 valence electrons. The van der Waals surface area contributed by atoms with Crippen molar-refractivity contribution in [3.8, 4) is 0 Å². The lowest BCUT2D eigenvalue weighted by molar-refractivity contribution is -0.138. The van der Waals surface area contributed by atoms with Gasteiger partial charge in [-0.1, -0.05) is 42.5 Å². The van der Waals surface area contributed by atoms with Crippen LogP contribution in [0.4, 0.5) is 26.3 Å². The van der Waals surface area contributed by atoms with Crippen molar-refractivity contribution in [1.29, 1.82) is 0 Å². The maximum absolute atomic E-state index is 12.8. The summed E-state index contributed by atoms with van der Waals surface area (Å²) < 4.78 is 76.5. The van der Waals surface area contributed by atoms with E-state index >= 15 is 0 Å². The fourth-order valence-electron chi connectivity index (χ4n) is 2.62. The molecule has 1 aliphatic rings. The fourth-order valence-corrected chi connectivity index (χ4v) is 2.62. The maximum Gasteiger partial charge on any atom is 0.416 e. The lowest BCUT2D eigenvalue weighted by Gasteiger charge is -2.14. The van der Waals surface area contributed by atoms with E-state index in [1.807, 2.05) is 0 Å². The monoisotopic (exact) mass is 365 g/mol. The Balaban J connectivity index is 2.07. The number of halogens is 6. The minimum absolute atomic E-state index is 0.459. The molecule has 0 saturated carbocycles. The Morgan fingerprint density at radius 3 is 1.38 bits per heavy atom. The van der Waals surface area contributed by atoms with Gasteiger partial charge in [0.2, 0.25) is 0 Å². The molecule has 2 aromatic rings. The lowest BCUT2D eigenvalue weighted by atomic mass is 9.92. The van der Waals surface area contributed by atoms with Crippen LogP contribution in [0.25, 0.3) is 5.57 Å². The summed E-state index contributed by atoms with van der Waals surface area (Å²) >= 11 is 0. The van der Waals surface area contributed by atoms with Gasteiger partial charge in [-0.05, 0) is 52.6 Å². The summed E-state index contributed by atoms with van der Waals surface area (Å²) in [6.07, 6.45) is -0.950. The first-order valence-corrected chi connectivity index (χ1v) is 7.52. The molecule has 0 bridgehead atoms. The van der Waals surface area contributed by atoms with Crippen LogP contribution in [0.3, 0.4) is 0 Å². The summed E-state index contributed by atoms with van der Waals surface area (Å²) in [6, 6.07) is 9.00. The molecule has 0 heterocycles. The summed E-state index contributed by atoms with van der Waals surface area (Å²) in [7, 11) is 0. The second-order valence-corrected chi connectivity index (χ2v) is 5.61. The molecule has 0 N–H and O–H groups in total. The van der Waals surface area contributed by atoms with Gasteiger partial charge >= 0.3 is 12.4 Å². The van der Waals surface area contributed by atoms with Crippen molar-refractivity contribution in [2.75, 3.05) is 0 Å². The molecule has 1 aliphatic carbocycles. The van der Waals surface area contributed by atoms with Crippen LogP contribution in [0.1, 0.15) is 22.3 Å². The highest BCUT2D eigenvalue weighted by molar-refractivity contribution is 5.85. The van der Waals surface area contributed by atoms with Crippen LogP contribution in [0.5, 0.6) is 0 Å². The third-order valence-corrected chi connectivity index (χ3v) is 3.87. The van der Waals surface area contributed by atoms with Crippen LogP contribution in [0.2, 0.25) is 0 Å². The molecular formula is C20H11F6. The van der Waals surface area contributed by atoms with E-state index in [-0.39, 0.29) is 0 Å². The number of benzene rings is 2. The molecule has 2 aromatic carbocycles. The largest absolute Gasteiger partial charge is 0.416 e. The van der Waals surface area contributed by atoms with E-state index in [1.165, 1.54) is 24.3 Å². The highest BCUT2D eigenvalue weighted by atomic mass is 19.4. The van der Waals surface area contributed by atoms with E-state index in [0.29, 0.717) is 22.3 Å². The molecular weight excluding hydrogens is 354 g/mol. The van der Waals surface area contributed by atoms with E-state index < -0.39 is 23.5 Å². The minimum atomic E-state index is -4.46. The van der Waals surface area contributed by atoms with Crippen LogP contribution >= 0.6 is 0 Å². The van der Waals surface area contributed by atoms with Gasteiger partial charge in [-0.3, -0.25) is 0 Å². The summed E-state index contributed by atoms with van der Waals surface area (Å²) in [5.41, 5.74) is 0.432. The standard InChI is InChI=1S/C20H11F6/c21-19(22,23)16-9-5-14(6-10-16)18(13-3-1-2-4-13)15-7-11-17(12-8-15)20(24,25)26/h1-3,5-12H. The molecule has 0 unspecified atom stereocenters. The summed E-state index contributed by atoms with van der Waals surface area (Å²) in [4.78, 5) is 0. The highest BCUT2D eigenvalue weighted by Crippen LogP contribution is 2.35. The predicted molar refractivity (Wildman–Crippen MR) is 85.9 cm³/mol. The first-order chi connectivity index (χ1) is 12.2. The Labute approximate surface area is 145 Å². The number of alkyl halides is 6.